The van der Waals surface area contributed by atoms with Gasteiger partial charge in [-0.05, 0) is 38.3 Å². The van der Waals surface area contributed by atoms with Crippen LogP contribution in [-0.4, -0.2) is 30.0 Å². The molecule has 0 bridgehead atoms. The van der Waals surface area contributed by atoms with Crippen molar-refractivity contribution in [2.75, 3.05) is 20.3 Å². The van der Waals surface area contributed by atoms with E-state index >= 15 is 0 Å². The number of hydrogen-bond acceptors (Lipinski definition) is 3. The van der Waals surface area contributed by atoms with E-state index in [0.717, 1.165) is 26.2 Å². The van der Waals surface area contributed by atoms with Gasteiger partial charge in [0.1, 0.15) is 0 Å². The molecule has 0 aliphatic carbocycles. The first-order valence-electron chi connectivity index (χ1n) is 6.54. The van der Waals surface area contributed by atoms with Crippen molar-refractivity contribution >= 4 is 0 Å². The summed E-state index contributed by atoms with van der Waals surface area (Å²) in [6.07, 6.45) is 3.02. The molecule has 2 heterocycles. The molecular formula is C13H23N3O. The van der Waals surface area contributed by atoms with Crippen molar-refractivity contribution in [1.29, 1.82) is 0 Å². The maximum absolute atomic E-state index is 5.53. The molecule has 1 N–H and O–H groups in total. The lowest BCUT2D eigenvalue weighted by molar-refractivity contribution is 0.0105. The first-order valence-corrected chi connectivity index (χ1v) is 6.54. The van der Waals surface area contributed by atoms with Crippen LogP contribution in [0.2, 0.25) is 0 Å². The lowest BCUT2D eigenvalue weighted by Crippen LogP contribution is -2.36. The summed E-state index contributed by atoms with van der Waals surface area (Å²) in [4.78, 5) is 0. The molecule has 1 aliphatic rings. The van der Waals surface area contributed by atoms with Crippen molar-refractivity contribution in [3.05, 3.63) is 18.0 Å². The smallest absolute Gasteiger partial charge is 0.0556 e. The van der Waals surface area contributed by atoms with Crippen LogP contribution < -0.4 is 5.32 Å². The van der Waals surface area contributed by atoms with Crippen LogP contribution in [0.5, 0.6) is 0 Å². The summed E-state index contributed by atoms with van der Waals surface area (Å²) in [5.41, 5.74) is 1.30. The molecule has 0 amide bonds. The fourth-order valence-electron chi connectivity index (χ4n) is 2.84. The van der Waals surface area contributed by atoms with Crippen LogP contribution in [-0.2, 0) is 11.3 Å². The molecule has 96 valence electrons. The van der Waals surface area contributed by atoms with E-state index in [4.69, 9.17) is 4.74 Å². The summed E-state index contributed by atoms with van der Waals surface area (Å²) in [5.74, 6) is 1.23. The molecule has 17 heavy (non-hydrogen) atoms. The number of aryl methyl sites for hydroxylation is 1. The molecule has 1 aromatic heterocycles. The standard InChI is InChI=1S/C13H23N3O/c1-4-16-12(5-7-15-16)13(14-3)11-6-8-17-9-10(11)2/h5,7,10-11,13-14H,4,6,8-9H2,1-3H3. The quantitative estimate of drug-likeness (QED) is 0.868. The minimum Gasteiger partial charge on any atom is -0.381 e. The van der Waals surface area contributed by atoms with Gasteiger partial charge in [0.05, 0.1) is 11.7 Å². The second-order valence-corrected chi connectivity index (χ2v) is 4.84. The maximum atomic E-state index is 5.53. The Balaban J connectivity index is 2.20. The minimum absolute atomic E-state index is 0.386. The zero-order valence-corrected chi connectivity index (χ0v) is 11.0. The van der Waals surface area contributed by atoms with Crippen LogP contribution in [0, 0.1) is 11.8 Å². The van der Waals surface area contributed by atoms with Gasteiger partial charge in [-0.2, -0.15) is 5.10 Å². The normalized spacial score (nSPS) is 27.0. The van der Waals surface area contributed by atoms with E-state index < -0.39 is 0 Å². The molecule has 3 atom stereocenters. The zero-order valence-electron chi connectivity index (χ0n) is 11.0. The molecule has 0 aromatic carbocycles. The fourth-order valence-corrected chi connectivity index (χ4v) is 2.84. The number of nitrogens with one attached hydrogen (secondary N) is 1. The monoisotopic (exact) mass is 237 g/mol. The summed E-state index contributed by atoms with van der Waals surface area (Å²) < 4.78 is 7.62. The SMILES string of the molecule is CCn1nccc1C(NC)C1CCOCC1C. The van der Waals surface area contributed by atoms with E-state index in [1.54, 1.807) is 0 Å². The number of ether oxygens (including phenoxy) is 1. The number of aromatic nitrogens is 2. The van der Waals surface area contributed by atoms with E-state index in [2.05, 4.69) is 35.0 Å². The molecule has 0 saturated carbocycles. The number of rotatable bonds is 4. The second kappa shape index (κ2) is 5.65. The van der Waals surface area contributed by atoms with Crippen molar-refractivity contribution in [2.24, 2.45) is 11.8 Å². The van der Waals surface area contributed by atoms with Gasteiger partial charge in [-0.1, -0.05) is 6.92 Å². The summed E-state index contributed by atoms with van der Waals surface area (Å²) in [6, 6.07) is 2.52. The molecule has 4 heteroatoms. The molecular weight excluding hydrogens is 214 g/mol. The highest BCUT2D eigenvalue weighted by Crippen LogP contribution is 2.33. The first-order chi connectivity index (χ1) is 8.27. The first kappa shape index (κ1) is 12.6. The predicted octanol–water partition coefficient (Wildman–Crippen LogP) is 1.84. The highest BCUT2D eigenvalue weighted by molar-refractivity contribution is 5.09. The molecule has 1 aliphatic heterocycles. The van der Waals surface area contributed by atoms with Gasteiger partial charge in [-0.3, -0.25) is 4.68 Å². The van der Waals surface area contributed by atoms with Gasteiger partial charge in [0, 0.05) is 26.0 Å². The Morgan fingerprint density at radius 1 is 1.65 bits per heavy atom. The number of hydrogen-bond donors (Lipinski definition) is 1. The topological polar surface area (TPSA) is 39.1 Å². The maximum Gasteiger partial charge on any atom is 0.0556 e. The van der Waals surface area contributed by atoms with Gasteiger partial charge in [-0.25, -0.2) is 0 Å². The summed E-state index contributed by atoms with van der Waals surface area (Å²) in [6.45, 7) is 7.10. The van der Waals surface area contributed by atoms with Crippen LogP contribution in [0.25, 0.3) is 0 Å². The minimum atomic E-state index is 0.386. The molecule has 2 rings (SSSR count). The van der Waals surface area contributed by atoms with Gasteiger partial charge >= 0.3 is 0 Å². The van der Waals surface area contributed by atoms with Crippen molar-refractivity contribution < 1.29 is 4.74 Å². The Morgan fingerprint density at radius 3 is 3.12 bits per heavy atom. The third-order valence-electron chi connectivity index (χ3n) is 3.81. The van der Waals surface area contributed by atoms with Crippen LogP contribution in [0.15, 0.2) is 12.3 Å². The van der Waals surface area contributed by atoms with Crippen LogP contribution >= 0.6 is 0 Å². The summed E-state index contributed by atoms with van der Waals surface area (Å²) in [7, 11) is 2.04. The lowest BCUT2D eigenvalue weighted by atomic mass is 9.82. The fraction of sp³-hybridized carbons (Fsp3) is 0.769. The molecule has 0 spiro atoms. The highest BCUT2D eigenvalue weighted by Gasteiger charge is 2.31. The van der Waals surface area contributed by atoms with Crippen LogP contribution in [0.1, 0.15) is 32.0 Å². The lowest BCUT2D eigenvalue weighted by Gasteiger charge is -2.35. The van der Waals surface area contributed by atoms with Gasteiger partial charge in [0.25, 0.3) is 0 Å². The average molecular weight is 237 g/mol. The molecule has 3 unspecified atom stereocenters. The molecule has 1 fully saturated rings. The van der Waals surface area contributed by atoms with E-state index in [0.29, 0.717) is 17.9 Å². The largest absolute Gasteiger partial charge is 0.381 e. The molecule has 4 nitrogen and oxygen atoms in total. The molecule has 1 aromatic rings. The highest BCUT2D eigenvalue weighted by atomic mass is 16.5. The van der Waals surface area contributed by atoms with Crippen molar-refractivity contribution in [3.8, 4) is 0 Å². The van der Waals surface area contributed by atoms with Gasteiger partial charge in [0.2, 0.25) is 0 Å². The second-order valence-electron chi connectivity index (χ2n) is 4.84. The zero-order chi connectivity index (χ0) is 12.3. The van der Waals surface area contributed by atoms with E-state index in [-0.39, 0.29) is 0 Å². The Hall–Kier alpha value is -0.870. The molecule has 1 saturated heterocycles. The van der Waals surface area contributed by atoms with Crippen molar-refractivity contribution in [2.45, 2.75) is 32.9 Å². The third kappa shape index (κ3) is 2.53. The Morgan fingerprint density at radius 2 is 2.47 bits per heavy atom. The number of nitrogens with zero attached hydrogens (tertiary/aromatic N) is 2. The summed E-state index contributed by atoms with van der Waals surface area (Å²) in [5, 5.41) is 7.83. The van der Waals surface area contributed by atoms with Gasteiger partial charge < -0.3 is 10.1 Å². The average Bonchev–Trinajstić information content (AvgIpc) is 2.81. The summed E-state index contributed by atoms with van der Waals surface area (Å²) >= 11 is 0. The van der Waals surface area contributed by atoms with Gasteiger partial charge in [0.15, 0.2) is 0 Å². The van der Waals surface area contributed by atoms with E-state index in [9.17, 15) is 0 Å². The Labute approximate surface area is 103 Å². The van der Waals surface area contributed by atoms with Gasteiger partial charge in [-0.15, -0.1) is 0 Å². The van der Waals surface area contributed by atoms with Crippen molar-refractivity contribution in [3.63, 3.8) is 0 Å². The third-order valence-corrected chi connectivity index (χ3v) is 3.81. The van der Waals surface area contributed by atoms with E-state index in [1.807, 2.05) is 13.2 Å². The Bertz CT molecular complexity index is 350. The van der Waals surface area contributed by atoms with Crippen LogP contribution in [0.4, 0.5) is 0 Å². The Kier molecular flexibility index (Phi) is 4.18. The van der Waals surface area contributed by atoms with Crippen molar-refractivity contribution in [1.82, 2.24) is 15.1 Å². The van der Waals surface area contributed by atoms with E-state index in [1.165, 1.54) is 5.69 Å². The van der Waals surface area contributed by atoms with Crippen LogP contribution in [0.3, 0.4) is 0 Å². The molecule has 0 radical (unpaired) electrons. The predicted molar refractivity (Wildman–Crippen MR) is 67.8 cm³/mol.